The van der Waals surface area contributed by atoms with Gasteiger partial charge in [0.15, 0.2) is 18.2 Å². The number of rotatable bonds is 6. The van der Waals surface area contributed by atoms with Gasteiger partial charge in [0.05, 0.1) is 12.2 Å². The maximum atomic E-state index is 13.7. The van der Waals surface area contributed by atoms with Gasteiger partial charge in [-0.1, -0.05) is 18.2 Å². The lowest BCUT2D eigenvalue weighted by molar-refractivity contribution is -0.136. The molecule has 5 nitrogen and oxygen atoms in total. The van der Waals surface area contributed by atoms with Crippen LogP contribution in [0.15, 0.2) is 48.7 Å². The highest BCUT2D eigenvalue weighted by molar-refractivity contribution is 5.78. The Balaban J connectivity index is 1.70. The molecule has 1 fully saturated rings. The van der Waals surface area contributed by atoms with E-state index in [9.17, 15) is 9.18 Å². The number of ether oxygens (including phenoxy) is 1. The molecule has 138 valence electrons. The third-order valence-electron chi connectivity index (χ3n) is 4.55. The van der Waals surface area contributed by atoms with Crippen LogP contribution in [-0.2, 0) is 11.3 Å². The zero-order valence-electron chi connectivity index (χ0n) is 14.7. The molecule has 0 radical (unpaired) electrons. The Hall–Kier alpha value is -2.47. The van der Waals surface area contributed by atoms with E-state index in [0.29, 0.717) is 6.54 Å². The molecule has 1 saturated heterocycles. The average Bonchev–Trinajstić information content (AvgIpc) is 2.95. The summed E-state index contributed by atoms with van der Waals surface area (Å²) in [5.74, 6) is -0.512. The van der Waals surface area contributed by atoms with Crippen molar-refractivity contribution < 1.29 is 13.9 Å². The highest BCUT2D eigenvalue weighted by Gasteiger charge is 2.25. The van der Waals surface area contributed by atoms with E-state index in [4.69, 9.17) is 4.74 Å². The Morgan fingerprint density at radius 1 is 1.19 bits per heavy atom. The zero-order valence-corrected chi connectivity index (χ0v) is 14.7. The highest BCUT2D eigenvalue weighted by atomic mass is 19.1. The van der Waals surface area contributed by atoms with E-state index in [0.717, 1.165) is 38.0 Å². The van der Waals surface area contributed by atoms with Crippen molar-refractivity contribution in [3.8, 4) is 5.75 Å². The van der Waals surface area contributed by atoms with E-state index in [-0.39, 0.29) is 24.3 Å². The van der Waals surface area contributed by atoms with Gasteiger partial charge < -0.3 is 15.0 Å². The minimum Gasteiger partial charge on any atom is -0.481 e. The predicted octanol–water partition coefficient (Wildman–Crippen LogP) is 2.77. The van der Waals surface area contributed by atoms with Gasteiger partial charge in [-0.3, -0.25) is 9.78 Å². The first-order valence-electron chi connectivity index (χ1n) is 9.01. The van der Waals surface area contributed by atoms with Crippen molar-refractivity contribution in [1.29, 1.82) is 0 Å². The van der Waals surface area contributed by atoms with Gasteiger partial charge in [-0.15, -0.1) is 0 Å². The topological polar surface area (TPSA) is 54.5 Å². The fraction of sp³-hybridized carbons (Fsp3) is 0.400. The van der Waals surface area contributed by atoms with Crippen LogP contribution in [0.4, 0.5) is 4.39 Å². The van der Waals surface area contributed by atoms with E-state index in [1.165, 1.54) is 12.1 Å². The van der Waals surface area contributed by atoms with Crippen LogP contribution in [-0.4, -0.2) is 41.5 Å². The molecule has 1 aromatic heterocycles. The second kappa shape index (κ2) is 9.29. The summed E-state index contributed by atoms with van der Waals surface area (Å²) >= 11 is 0. The molecule has 2 aromatic rings. The normalized spacial score (nSPS) is 17.3. The molecule has 0 saturated carbocycles. The second-order valence-corrected chi connectivity index (χ2v) is 6.40. The Morgan fingerprint density at radius 2 is 2.04 bits per heavy atom. The number of para-hydroxylation sites is 1. The molecular formula is C20H24FN3O2. The maximum Gasteiger partial charge on any atom is 0.261 e. The van der Waals surface area contributed by atoms with Crippen LogP contribution >= 0.6 is 0 Å². The SMILES string of the molecule is O=C(COc1ccccc1F)N(Cc1ccccn1)C1CCCNCC1. The van der Waals surface area contributed by atoms with Crippen LogP contribution in [0.25, 0.3) is 0 Å². The van der Waals surface area contributed by atoms with Gasteiger partial charge in [0.25, 0.3) is 5.91 Å². The number of carbonyl (C=O) groups excluding carboxylic acids is 1. The lowest BCUT2D eigenvalue weighted by Crippen LogP contribution is -2.43. The number of benzene rings is 1. The summed E-state index contributed by atoms with van der Waals surface area (Å²) in [5, 5.41) is 3.37. The van der Waals surface area contributed by atoms with Crippen molar-refractivity contribution in [1.82, 2.24) is 15.2 Å². The summed E-state index contributed by atoms with van der Waals surface area (Å²) in [6, 6.07) is 11.9. The number of aromatic nitrogens is 1. The molecule has 2 heterocycles. The molecule has 0 aliphatic carbocycles. The quantitative estimate of drug-likeness (QED) is 0.864. The lowest BCUT2D eigenvalue weighted by atomic mass is 10.1. The molecule has 26 heavy (non-hydrogen) atoms. The van der Waals surface area contributed by atoms with Crippen molar-refractivity contribution >= 4 is 5.91 Å². The van der Waals surface area contributed by atoms with Crippen molar-refractivity contribution in [3.63, 3.8) is 0 Å². The fourth-order valence-electron chi connectivity index (χ4n) is 3.18. The van der Waals surface area contributed by atoms with Gasteiger partial charge in [0.1, 0.15) is 0 Å². The fourth-order valence-corrected chi connectivity index (χ4v) is 3.18. The lowest BCUT2D eigenvalue weighted by Gasteiger charge is -2.31. The molecule has 1 atom stereocenters. The Bertz CT molecular complexity index is 703. The van der Waals surface area contributed by atoms with Crippen LogP contribution in [0.5, 0.6) is 5.75 Å². The number of hydrogen-bond acceptors (Lipinski definition) is 4. The first-order valence-corrected chi connectivity index (χ1v) is 9.01. The van der Waals surface area contributed by atoms with Gasteiger partial charge in [0, 0.05) is 12.2 Å². The Labute approximate surface area is 153 Å². The summed E-state index contributed by atoms with van der Waals surface area (Å²) < 4.78 is 19.2. The minimum atomic E-state index is -0.463. The summed E-state index contributed by atoms with van der Waals surface area (Å²) in [6.45, 7) is 2.10. The van der Waals surface area contributed by atoms with E-state index in [1.54, 1.807) is 18.3 Å². The van der Waals surface area contributed by atoms with Crippen LogP contribution in [0.2, 0.25) is 0 Å². The molecule has 0 spiro atoms. The first-order chi connectivity index (χ1) is 12.7. The van der Waals surface area contributed by atoms with Crippen LogP contribution in [0, 0.1) is 5.82 Å². The van der Waals surface area contributed by atoms with Crippen molar-refractivity contribution in [2.24, 2.45) is 0 Å². The third kappa shape index (κ3) is 5.02. The molecule has 1 unspecified atom stereocenters. The molecule has 6 heteroatoms. The minimum absolute atomic E-state index is 0.0983. The smallest absolute Gasteiger partial charge is 0.261 e. The molecule has 1 aromatic carbocycles. The summed E-state index contributed by atoms with van der Waals surface area (Å²) in [7, 11) is 0. The maximum absolute atomic E-state index is 13.7. The van der Waals surface area contributed by atoms with Gasteiger partial charge in [-0.2, -0.15) is 0 Å². The van der Waals surface area contributed by atoms with Gasteiger partial charge in [-0.25, -0.2) is 4.39 Å². The Morgan fingerprint density at radius 3 is 2.85 bits per heavy atom. The van der Waals surface area contributed by atoms with E-state index in [2.05, 4.69) is 10.3 Å². The van der Waals surface area contributed by atoms with Crippen molar-refractivity contribution in [2.45, 2.75) is 31.8 Å². The predicted molar refractivity (Wildman–Crippen MR) is 97.2 cm³/mol. The van der Waals surface area contributed by atoms with Crippen LogP contribution in [0.3, 0.4) is 0 Å². The summed E-state index contributed by atoms with van der Waals surface area (Å²) in [5.41, 5.74) is 0.837. The number of nitrogens with one attached hydrogen (secondary N) is 1. The molecule has 1 amide bonds. The average molecular weight is 357 g/mol. The summed E-state index contributed by atoms with van der Waals surface area (Å²) in [6.07, 6.45) is 4.57. The highest BCUT2D eigenvalue weighted by Crippen LogP contribution is 2.19. The molecule has 1 aliphatic heterocycles. The van der Waals surface area contributed by atoms with E-state index >= 15 is 0 Å². The zero-order chi connectivity index (χ0) is 18.2. The van der Waals surface area contributed by atoms with Gasteiger partial charge in [-0.05, 0) is 56.6 Å². The molecule has 1 N–H and O–H groups in total. The number of pyridine rings is 1. The van der Waals surface area contributed by atoms with E-state index < -0.39 is 5.82 Å². The molecule has 3 rings (SSSR count). The van der Waals surface area contributed by atoms with Crippen molar-refractivity contribution in [2.75, 3.05) is 19.7 Å². The number of carbonyl (C=O) groups is 1. The Kier molecular flexibility index (Phi) is 6.55. The number of nitrogens with zero attached hydrogens (tertiary/aromatic N) is 2. The third-order valence-corrected chi connectivity index (χ3v) is 4.55. The monoisotopic (exact) mass is 357 g/mol. The van der Waals surface area contributed by atoms with E-state index in [1.807, 2.05) is 23.1 Å². The first kappa shape index (κ1) is 18.3. The standard InChI is InChI=1S/C20H24FN3O2/c21-18-8-1-2-9-19(18)26-15-20(25)24(14-16-6-3-4-12-23-16)17-7-5-11-22-13-10-17/h1-4,6,8-9,12,17,22H,5,7,10-11,13-15H2. The van der Waals surface area contributed by atoms with Crippen LogP contribution < -0.4 is 10.1 Å². The van der Waals surface area contributed by atoms with Crippen LogP contribution in [0.1, 0.15) is 25.0 Å². The van der Waals surface area contributed by atoms with Gasteiger partial charge in [0.2, 0.25) is 0 Å². The second-order valence-electron chi connectivity index (χ2n) is 6.40. The number of halogens is 1. The molecule has 0 bridgehead atoms. The van der Waals surface area contributed by atoms with Crippen molar-refractivity contribution in [3.05, 3.63) is 60.2 Å². The van der Waals surface area contributed by atoms with Gasteiger partial charge >= 0.3 is 0 Å². The number of amides is 1. The summed E-state index contributed by atoms with van der Waals surface area (Å²) in [4.78, 5) is 19.0. The molecular weight excluding hydrogens is 333 g/mol. The number of hydrogen-bond donors (Lipinski definition) is 1. The molecule has 1 aliphatic rings. The largest absolute Gasteiger partial charge is 0.481 e.